The van der Waals surface area contributed by atoms with E-state index in [0.29, 0.717) is 22.9 Å². The van der Waals surface area contributed by atoms with E-state index in [1.807, 2.05) is 67.3 Å². The molecule has 5 aliphatic rings. The summed E-state index contributed by atoms with van der Waals surface area (Å²) in [6.45, 7) is 25.3. The van der Waals surface area contributed by atoms with Gasteiger partial charge in [0.05, 0.1) is 52.6 Å². The van der Waals surface area contributed by atoms with Crippen molar-refractivity contribution in [3.8, 4) is 0 Å². The van der Waals surface area contributed by atoms with Crippen molar-refractivity contribution in [1.82, 2.24) is 34.8 Å². The first-order valence-electron chi connectivity index (χ1n) is 44.4. The molecule has 5 unspecified atom stereocenters. The zero-order valence-corrected chi connectivity index (χ0v) is 74.5. The SMILES string of the molecule is C.C.C.C.Cc1ccc2c(oc3ncccc32)c1N1C=CN(C)C1C.Cc1ccc2c(oc3ncccc32)c1N1C=CN(c2ccccc2)C1C.Cc1ccc2c(oc3ncccc32)c1N1c2ccccc2N(C)C1C.Cc1ccc2c(oc3ncccc32)c1N1c2ccccc2N(c2ccccc2)C1C.[2H]C(C)(C)N1c2nccnc2N(c2c(C)ccc3c2oc2ccccc23)C1C. The molecule has 0 bridgehead atoms. The number of anilines is 13. The summed E-state index contributed by atoms with van der Waals surface area (Å²) < 4.78 is 39.7. The zero-order valence-electron chi connectivity index (χ0n) is 75.5. The Hall–Kier alpha value is -15.6. The molecule has 0 amide bonds. The van der Waals surface area contributed by atoms with Crippen LogP contribution in [-0.4, -0.2) is 85.7 Å². The number of nitrogens with zero attached hydrogens (tertiary/aromatic N) is 16. The van der Waals surface area contributed by atoms with Gasteiger partial charge in [-0.15, -0.1) is 0 Å². The minimum atomic E-state index is -0.839. The van der Waals surface area contributed by atoms with Crippen LogP contribution >= 0.6 is 0 Å². The first kappa shape index (κ1) is 88.0. The van der Waals surface area contributed by atoms with Crippen molar-refractivity contribution in [3.63, 3.8) is 0 Å². The highest BCUT2D eigenvalue weighted by Crippen LogP contribution is 2.54. The second kappa shape index (κ2) is 36.0. The summed E-state index contributed by atoms with van der Waals surface area (Å²) in [5.74, 6) is 1.48. The molecule has 0 saturated carbocycles. The third kappa shape index (κ3) is 14.9. The monoisotopic (exact) mass is 1760 g/mol. The molecule has 672 valence electrons. The molecule has 15 heterocycles. The fourth-order valence-corrected chi connectivity index (χ4v) is 19.5. The van der Waals surface area contributed by atoms with Gasteiger partial charge in [-0.1, -0.05) is 169 Å². The second-order valence-electron chi connectivity index (χ2n) is 33.9. The van der Waals surface area contributed by atoms with Gasteiger partial charge in [0.1, 0.15) is 36.4 Å². The van der Waals surface area contributed by atoms with Crippen LogP contribution < -0.4 is 44.1 Å². The molecule has 133 heavy (non-hydrogen) atoms. The van der Waals surface area contributed by atoms with Gasteiger partial charge >= 0.3 is 0 Å². The molecule has 10 aromatic carbocycles. The summed E-state index contributed by atoms with van der Waals surface area (Å²) in [5, 5.41) is 10.9. The molecule has 10 aromatic heterocycles. The van der Waals surface area contributed by atoms with E-state index in [1.165, 1.54) is 56.4 Å². The number of hydrogen-bond acceptors (Lipinski definition) is 21. The molecule has 0 aliphatic carbocycles. The van der Waals surface area contributed by atoms with E-state index in [4.69, 9.17) is 23.5 Å². The Bertz CT molecular complexity index is 7830. The quantitative estimate of drug-likeness (QED) is 0.140. The van der Waals surface area contributed by atoms with Crippen LogP contribution in [0.5, 0.6) is 0 Å². The number of furan rings is 5. The Balaban J connectivity index is 0.000000116. The average Bonchev–Trinajstić information content (AvgIpc) is 1.57. The Labute approximate surface area is 778 Å². The van der Waals surface area contributed by atoms with Gasteiger partial charge in [0, 0.05) is 147 Å². The molecule has 25 rings (SSSR count). The van der Waals surface area contributed by atoms with Crippen molar-refractivity contribution in [2.75, 3.05) is 58.2 Å². The highest BCUT2D eigenvalue weighted by Gasteiger charge is 2.42. The van der Waals surface area contributed by atoms with E-state index >= 15 is 0 Å². The van der Waals surface area contributed by atoms with Gasteiger partial charge in [0.2, 0.25) is 22.9 Å². The summed E-state index contributed by atoms with van der Waals surface area (Å²) in [4.78, 5) is 49.3. The van der Waals surface area contributed by atoms with Crippen LogP contribution in [0.1, 0.15) is 107 Å². The summed E-state index contributed by atoms with van der Waals surface area (Å²) in [5.41, 5.74) is 26.5. The molecule has 0 fully saturated rings. The summed E-state index contributed by atoms with van der Waals surface area (Å²) in [6.07, 6.45) is 19.5. The van der Waals surface area contributed by atoms with Crippen LogP contribution in [0.2, 0.25) is 0 Å². The highest BCUT2D eigenvalue weighted by atomic mass is 16.4. The molecule has 21 nitrogen and oxygen atoms in total. The van der Waals surface area contributed by atoms with Crippen LogP contribution in [0.15, 0.2) is 327 Å². The lowest BCUT2D eigenvalue weighted by Gasteiger charge is -2.32. The average molecular weight is 1770 g/mol. The standard InChI is InChI=1S/C26H21N3O.C22H22N4O.C22H19N3O.C21H19N3O.C17H17N3O.4CH4/c1-17-14-15-20-21-11-8-16-27-26(21)30-25(20)24(17)29-18(2)28(19-9-4-3-5-10-19)22-12-6-7-13-23(22)29;1-13(2)25-15(4)26(22-21(25)23-11-12-24-22)19-14(3)9-10-17-16-7-5-6-8-18(16)27-20(17)19;1-15-10-11-18-19-9-6-12-23-22(19)26-21(18)20(15)25-14-13-24(16(25)2)17-7-4-3-5-8-17;1-13-10-11-15-16-7-6-12-22-21(16)25-20(15)19(13)24-14(2)23(3)17-8-4-5-9-18(17)24;1-11-6-7-13-14-5-4-8-18-17(14)21-16(13)15(11)20-10-9-19(3)12(20)2;;;;/h3-16,18H,1-2H3;5-13,15H,1-4H3;3-14,16H,1-2H3;4-12,14H,1-3H3;4-10,12H,1-3H3;4*1H4/i;13D;;;;;;;. The minimum Gasteiger partial charge on any atom is -0.454 e. The highest BCUT2D eigenvalue weighted by molar-refractivity contribution is 6.15. The van der Waals surface area contributed by atoms with Crippen molar-refractivity contribution in [3.05, 3.63) is 332 Å². The van der Waals surface area contributed by atoms with Crippen molar-refractivity contribution in [2.45, 2.75) is 150 Å². The third-order valence-corrected chi connectivity index (χ3v) is 26.0. The van der Waals surface area contributed by atoms with E-state index in [2.05, 4.69) is 376 Å². The lowest BCUT2D eigenvalue weighted by Crippen LogP contribution is -2.42. The molecule has 21 heteroatoms. The van der Waals surface area contributed by atoms with Gasteiger partial charge in [0.15, 0.2) is 39.6 Å². The normalized spacial score (nSPS) is 16.5. The van der Waals surface area contributed by atoms with Crippen molar-refractivity contribution < 1.29 is 23.5 Å². The van der Waals surface area contributed by atoms with E-state index in [9.17, 15) is 0 Å². The Morgan fingerprint density at radius 3 is 1.08 bits per heavy atom. The first-order chi connectivity index (χ1) is 63.2. The number of benzene rings is 10. The minimum absolute atomic E-state index is 0. The van der Waals surface area contributed by atoms with Crippen molar-refractivity contribution >= 4 is 184 Å². The molecular weight excluding hydrogens is 1650 g/mol. The second-order valence-corrected chi connectivity index (χ2v) is 33.9. The molecule has 5 aliphatic heterocycles. The lowest BCUT2D eigenvalue weighted by atomic mass is 10.1. The summed E-state index contributed by atoms with van der Waals surface area (Å²) >= 11 is 0. The largest absolute Gasteiger partial charge is 0.454 e. The maximum atomic E-state index is 8.66. The van der Waals surface area contributed by atoms with Gasteiger partial charge in [0.25, 0.3) is 0 Å². The van der Waals surface area contributed by atoms with E-state index < -0.39 is 6.02 Å². The molecule has 0 N–H and O–H groups in total. The molecule has 0 saturated heterocycles. The van der Waals surface area contributed by atoms with Gasteiger partial charge in [-0.3, -0.25) is 4.90 Å². The number of aromatic nitrogens is 6. The van der Waals surface area contributed by atoms with Crippen molar-refractivity contribution in [1.29, 1.82) is 0 Å². The molecule has 20 aromatic rings. The number of pyridine rings is 4. The lowest BCUT2D eigenvalue weighted by molar-refractivity contribution is 0.383. The first-order valence-corrected chi connectivity index (χ1v) is 43.9. The Morgan fingerprint density at radius 2 is 0.624 bits per heavy atom. The number of para-hydroxylation sites is 7. The fraction of sp³-hybridized carbons (Fsp3) is 0.214. The molecule has 5 atom stereocenters. The van der Waals surface area contributed by atoms with E-state index in [0.717, 1.165) is 133 Å². The number of fused-ring (bicyclic) bond motifs is 18. The van der Waals surface area contributed by atoms with Crippen LogP contribution in [0.4, 0.5) is 74.2 Å². The van der Waals surface area contributed by atoms with Crippen molar-refractivity contribution in [2.24, 2.45) is 0 Å². The molecule has 0 spiro atoms. The third-order valence-electron chi connectivity index (χ3n) is 26.0. The Morgan fingerprint density at radius 1 is 0.278 bits per heavy atom. The smallest absolute Gasteiger partial charge is 0.227 e. The maximum absolute atomic E-state index is 8.66. The van der Waals surface area contributed by atoms with Gasteiger partial charge < -0.3 is 66.2 Å². The number of aryl methyl sites for hydroxylation is 5. The van der Waals surface area contributed by atoms with Crippen LogP contribution in [-0.2, 0) is 0 Å². The predicted molar refractivity (Wildman–Crippen MR) is 554 cm³/mol. The van der Waals surface area contributed by atoms with Crippen LogP contribution in [0.3, 0.4) is 0 Å². The molecule has 0 radical (unpaired) electrons. The van der Waals surface area contributed by atoms with Crippen LogP contribution in [0, 0.1) is 34.6 Å². The van der Waals surface area contributed by atoms with Gasteiger partial charge in [-0.25, -0.2) is 29.9 Å². The fourth-order valence-electron chi connectivity index (χ4n) is 19.5. The maximum Gasteiger partial charge on any atom is 0.227 e. The van der Waals surface area contributed by atoms with E-state index in [-0.39, 0.29) is 60.5 Å². The van der Waals surface area contributed by atoms with E-state index in [1.54, 1.807) is 37.2 Å². The van der Waals surface area contributed by atoms with Crippen LogP contribution in [0.25, 0.3) is 110 Å². The molecular formula is C112H114N16O5. The Kier molecular flexibility index (Phi) is 23.8. The zero-order chi connectivity index (χ0) is 89.2. The van der Waals surface area contributed by atoms with Gasteiger partial charge in [-0.2, -0.15) is 0 Å². The topological polar surface area (TPSA) is 175 Å². The van der Waals surface area contributed by atoms with Gasteiger partial charge in [-0.05, 0) is 214 Å². The summed E-state index contributed by atoms with van der Waals surface area (Å²) in [7, 11) is 4.22. The number of rotatable bonds is 8. The summed E-state index contributed by atoms with van der Waals surface area (Å²) in [6, 6.07) is 82.8. The predicted octanol–water partition coefficient (Wildman–Crippen LogP) is 29.4. The number of hydrogen-bond donors (Lipinski definition) is 0.